The number of methoxy groups -OCH3 is 1. The third kappa shape index (κ3) is 2.72. The molecule has 1 fully saturated rings. The van der Waals surface area contributed by atoms with Gasteiger partial charge in [0, 0.05) is 24.8 Å². The highest BCUT2D eigenvalue weighted by Gasteiger charge is 2.18. The van der Waals surface area contributed by atoms with Crippen molar-refractivity contribution in [2.24, 2.45) is 0 Å². The Hall–Kier alpha value is -1.22. The molecule has 1 heterocycles. The fourth-order valence-electron chi connectivity index (χ4n) is 2.51. The monoisotopic (exact) mass is 234 g/mol. The van der Waals surface area contributed by atoms with Crippen molar-refractivity contribution in [1.29, 1.82) is 0 Å². The lowest BCUT2D eigenvalue weighted by Gasteiger charge is -2.34. The Balaban J connectivity index is 2.13. The average Bonchev–Trinajstić information content (AvgIpc) is 2.38. The summed E-state index contributed by atoms with van der Waals surface area (Å²) in [5, 5.41) is 3.37. The van der Waals surface area contributed by atoms with Crippen LogP contribution in [0.15, 0.2) is 18.2 Å². The molecule has 1 aromatic carbocycles. The molecule has 2 rings (SSSR count). The molecule has 3 nitrogen and oxygen atoms in total. The van der Waals surface area contributed by atoms with Crippen molar-refractivity contribution in [3.8, 4) is 5.75 Å². The van der Waals surface area contributed by atoms with Crippen molar-refractivity contribution < 1.29 is 4.74 Å². The molecule has 1 aliphatic heterocycles. The minimum atomic E-state index is 0.617. The minimum Gasteiger partial charge on any atom is -0.496 e. The first-order chi connectivity index (χ1) is 8.24. The molecule has 3 heteroatoms. The number of hydrogen-bond acceptors (Lipinski definition) is 3. The summed E-state index contributed by atoms with van der Waals surface area (Å²) in [6.45, 7) is 4.36. The quantitative estimate of drug-likeness (QED) is 0.867. The molecule has 0 aliphatic carbocycles. The molecule has 1 aliphatic rings. The van der Waals surface area contributed by atoms with Gasteiger partial charge in [-0.2, -0.15) is 0 Å². The van der Waals surface area contributed by atoms with E-state index < -0.39 is 0 Å². The second kappa shape index (κ2) is 5.41. The highest BCUT2D eigenvalue weighted by atomic mass is 16.5. The molecule has 17 heavy (non-hydrogen) atoms. The molecule has 0 bridgehead atoms. The van der Waals surface area contributed by atoms with Gasteiger partial charge in [0.25, 0.3) is 0 Å². The lowest BCUT2D eigenvalue weighted by Crippen LogP contribution is -2.44. The number of nitrogens with zero attached hydrogens (tertiary/aromatic N) is 1. The number of ether oxygens (including phenoxy) is 1. The van der Waals surface area contributed by atoms with Gasteiger partial charge < -0.3 is 15.0 Å². The van der Waals surface area contributed by atoms with Gasteiger partial charge in [-0.15, -0.1) is 0 Å². The Kier molecular flexibility index (Phi) is 3.89. The van der Waals surface area contributed by atoms with Crippen LogP contribution in [0, 0.1) is 6.92 Å². The molecule has 0 saturated carbocycles. The Bertz CT molecular complexity index is 378. The topological polar surface area (TPSA) is 24.5 Å². The summed E-state index contributed by atoms with van der Waals surface area (Å²) in [6, 6.07) is 7.06. The number of benzene rings is 1. The van der Waals surface area contributed by atoms with Crippen LogP contribution in [0.2, 0.25) is 0 Å². The number of aryl methyl sites for hydroxylation is 1. The fraction of sp³-hybridized carbons (Fsp3) is 0.571. The minimum absolute atomic E-state index is 0.617. The van der Waals surface area contributed by atoms with Gasteiger partial charge in [0.15, 0.2) is 0 Å². The maximum atomic E-state index is 5.30. The van der Waals surface area contributed by atoms with E-state index in [1.54, 1.807) is 7.11 Å². The van der Waals surface area contributed by atoms with E-state index >= 15 is 0 Å². The zero-order valence-corrected chi connectivity index (χ0v) is 11.0. The molecule has 1 atom stereocenters. The van der Waals surface area contributed by atoms with E-state index in [9.17, 15) is 0 Å². The van der Waals surface area contributed by atoms with Crippen molar-refractivity contribution in [1.82, 2.24) is 5.32 Å². The van der Waals surface area contributed by atoms with Crippen LogP contribution in [0.5, 0.6) is 5.75 Å². The molecule has 0 aromatic heterocycles. The predicted octanol–water partition coefficient (Wildman–Crippen LogP) is 2.19. The molecule has 1 aromatic rings. The first-order valence-corrected chi connectivity index (χ1v) is 6.31. The molecule has 0 spiro atoms. The third-order valence-corrected chi connectivity index (χ3v) is 3.57. The number of anilines is 1. The summed E-state index contributed by atoms with van der Waals surface area (Å²) < 4.78 is 5.30. The number of hydrogen-bond donors (Lipinski definition) is 1. The Morgan fingerprint density at radius 3 is 2.88 bits per heavy atom. The van der Waals surface area contributed by atoms with Gasteiger partial charge in [0.05, 0.1) is 7.11 Å². The van der Waals surface area contributed by atoms with Crippen molar-refractivity contribution in [3.05, 3.63) is 23.8 Å². The van der Waals surface area contributed by atoms with Gasteiger partial charge >= 0.3 is 0 Å². The van der Waals surface area contributed by atoms with Crippen LogP contribution >= 0.6 is 0 Å². The zero-order valence-electron chi connectivity index (χ0n) is 11.0. The summed E-state index contributed by atoms with van der Waals surface area (Å²) >= 11 is 0. The van der Waals surface area contributed by atoms with Crippen LogP contribution in [-0.2, 0) is 0 Å². The first-order valence-electron chi connectivity index (χ1n) is 6.31. The summed E-state index contributed by atoms with van der Waals surface area (Å²) in [6.07, 6.45) is 2.54. The largest absolute Gasteiger partial charge is 0.496 e. The van der Waals surface area contributed by atoms with E-state index in [1.165, 1.54) is 24.1 Å². The van der Waals surface area contributed by atoms with Gasteiger partial charge in [-0.1, -0.05) is 0 Å². The van der Waals surface area contributed by atoms with Gasteiger partial charge in [0.2, 0.25) is 0 Å². The van der Waals surface area contributed by atoms with Crippen molar-refractivity contribution in [3.63, 3.8) is 0 Å². The number of nitrogens with one attached hydrogen (secondary N) is 1. The number of rotatable bonds is 3. The Morgan fingerprint density at radius 2 is 2.24 bits per heavy atom. The van der Waals surface area contributed by atoms with E-state index in [-0.39, 0.29) is 0 Å². The van der Waals surface area contributed by atoms with Crippen LogP contribution in [0.3, 0.4) is 0 Å². The van der Waals surface area contributed by atoms with Crippen LogP contribution in [-0.4, -0.2) is 33.3 Å². The van der Waals surface area contributed by atoms with Crippen LogP contribution in [0.25, 0.3) is 0 Å². The maximum absolute atomic E-state index is 5.30. The van der Waals surface area contributed by atoms with Gasteiger partial charge in [-0.3, -0.25) is 0 Å². The summed E-state index contributed by atoms with van der Waals surface area (Å²) in [5.41, 5.74) is 2.51. The molecular formula is C14H22N2O. The number of piperidine rings is 1. The van der Waals surface area contributed by atoms with Crippen molar-refractivity contribution in [2.45, 2.75) is 25.8 Å². The van der Waals surface area contributed by atoms with Gasteiger partial charge in [0.1, 0.15) is 5.75 Å². The van der Waals surface area contributed by atoms with Crippen molar-refractivity contribution >= 4 is 5.69 Å². The third-order valence-electron chi connectivity index (χ3n) is 3.57. The van der Waals surface area contributed by atoms with E-state index in [4.69, 9.17) is 4.74 Å². The SMILES string of the molecule is CNC1CCCN(c2ccc(OC)c(C)c2)C1. The normalized spacial score (nSPS) is 20.4. The molecule has 1 saturated heterocycles. The predicted molar refractivity (Wildman–Crippen MR) is 72.0 cm³/mol. The maximum Gasteiger partial charge on any atom is 0.121 e. The molecule has 1 N–H and O–H groups in total. The Labute approximate surface area is 104 Å². The fourth-order valence-corrected chi connectivity index (χ4v) is 2.51. The van der Waals surface area contributed by atoms with Crippen LogP contribution in [0.4, 0.5) is 5.69 Å². The lowest BCUT2D eigenvalue weighted by atomic mass is 10.0. The molecule has 0 amide bonds. The van der Waals surface area contributed by atoms with Gasteiger partial charge in [-0.25, -0.2) is 0 Å². The Morgan fingerprint density at radius 1 is 1.41 bits per heavy atom. The van der Waals surface area contributed by atoms with E-state index in [0.29, 0.717) is 6.04 Å². The second-order valence-electron chi connectivity index (χ2n) is 4.73. The number of likely N-dealkylation sites (N-methyl/N-ethyl adjacent to an activating group) is 1. The van der Waals surface area contributed by atoms with Crippen LogP contribution < -0.4 is 15.0 Å². The van der Waals surface area contributed by atoms with E-state index in [0.717, 1.165) is 18.8 Å². The first kappa shape index (κ1) is 12.2. The standard InChI is InChI=1S/C14H22N2O/c1-11-9-13(6-7-14(11)17-3)16-8-4-5-12(10-16)15-2/h6-7,9,12,15H,4-5,8,10H2,1-3H3. The van der Waals surface area contributed by atoms with Gasteiger partial charge in [-0.05, 0) is 50.6 Å². The molecule has 94 valence electrons. The highest BCUT2D eigenvalue weighted by molar-refractivity contribution is 5.53. The molecule has 0 radical (unpaired) electrons. The lowest BCUT2D eigenvalue weighted by molar-refractivity contribution is 0.411. The summed E-state index contributed by atoms with van der Waals surface area (Å²) in [5.74, 6) is 0.968. The second-order valence-corrected chi connectivity index (χ2v) is 4.73. The van der Waals surface area contributed by atoms with E-state index in [1.807, 2.05) is 7.05 Å². The molecule has 1 unspecified atom stereocenters. The summed E-state index contributed by atoms with van der Waals surface area (Å²) in [7, 11) is 3.77. The van der Waals surface area contributed by atoms with Crippen molar-refractivity contribution in [2.75, 3.05) is 32.1 Å². The highest BCUT2D eigenvalue weighted by Crippen LogP contribution is 2.26. The summed E-state index contributed by atoms with van der Waals surface area (Å²) in [4.78, 5) is 2.46. The molecular weight excluding hydrogens is 212 g/mol. The smallest absolute Gasteiger partial charge is 0.121 e. The van der Waals surface area contributed by atoms with Crippen LogP contribution in [0.1, 0.15) is 18.4 Å². The average molecular weight is 234 g/mol. The van der Waals surface area contributed by atoms with E-state index in [2.05, 4.69) is 35.3 Å². The zero-order chi connectivity index (χ0) is 12.3.